The van der Waals surface area contributed by atoms with Crippen molar-refractivity contribution < 1.29 is 9.53 Å². The van der Waals surface area contributed by atoms with E-state index in [2.05, 4.69) is 4.90 Å². The lowest BCUT2D eigenvalue weighted by atomic mass is 10.3. The van der Waals surface area contributed by atoms with Crippen LogP contribution >= 0.6 is 34.7 Å². The van der Waals surface area contributed by atoms with Crippen molar-refractivity contribution in [1.82, 2.24) is 9.88 Å². The van der Waals surface area contributed by atoms with Gasteiger partial charge in [0, 0.05) is 36.1 Å². The molecule has 0 aliphatic carbocycles. The van der Waals surface area contributed by atoms with Crippen molar-refractivity contribution in [1.29, 1.82) is 0 Å². The van der Waals surface area contributed by atoms with Gasteiger partial charge in [0.15, 0.2) is 5.13 Å². The summed E-state index contributed by atoms with van der Waals surface area (Å²) in [6, 6.07) is 15.6. The number of carbonyl (C=O) groups excluding carboxylic acids is 1. The average molecular weight is 448 g/mol. The predicted molar refractivity (Wildman–Crippen MR) is 121 cm³/mol. The van der Waals surface area contributed by atoms with E-state index in [1.54, 1.807) is 11.3 Å². The molecule has 0 radical (unpaired) electrons. The first kappa shape index (κ1) is 20.6. The van der Waals surface area contributed by atoms with Gasteiger partial charge in [-0.25, -0.2) is 4.98 Å². The lowest BCUT2D eigenvalue weighted by molar-refractivity contribution is -0.116. The highest BCUT2D eigenvalue weighted by Gasteiger charge is 2.21. The van der Waals surface area contributed by atoms with Gasteiger partial charge in [-0.2, -0.15) is 0 Å². The van der Waals surface area contributed by atoms with Gasteiger partial charge in [-0.15, -0.1) is 11.8 Å². The van der Waals surface area contributed by atoms with E-state index in [-0.39, 0.29) is 5.91 Å². The first-order valence-electron chi connectivity index (χ1n) is 9.53. The number of ether oxygens (including phenoxy) is 1. The highest BCUT2D eigenvalue weighted by atomic mass is 35.5. The Bertz CT molecular complexity index is 925. The van der Waals surface area contributed by atoms with Gasteiger partial charge in [-0.1, -0.05) is 35.1 Å². The Morgan fingerprint density at radius 2 is 1.93 bits per heavy atom. The molecule has 2 aromatic carbocycles. The number of aromatic nitrogens is 1. The Morgan fingerprint density at radius 3 is 2.69 bits per heavy atom. The standard InChI is InChI=1S/C21H22ClN3O2S2/c22-16-5-7-17(8-6-16)28-15-20(26)25(10-9-24-11-13-27-14-12-24)21-23-18-3-1-2-4-19(18)29-21/h1-8H,9-15H2. The predicted octanol–water partition coefficient (Wildman–Crippen LogP) is 4.41. The van der Waals surface area contributed by atoms with Crippen molar-refractivity contribution in [2.24, 2.45) is 0 Å². The number of nitrogens with zero attached hydrogens (tertiary/aromatic N) is 3. The molecule has 0 spiro atoms. The van der Waals surface area contributed by atoms with Gasteiger partial charge in [0.05, 0.1) is 29.2 Å². The van der Waals surface area contributed by atoms with Crippen LogP contribution in [0.4, 0.5) is 5.13 Å². The maximum atomic E-state index is 13.1. The van der Waals surface area contributed by atoms with E-state index in [1.807, 2.05) is 53.4 Å². The van der Waals surface area contributed by atoms with Gasteiger partial charge in [0.25, 0.3) is 0 Å². The summed E-state index contributed by atoms with van der Waals surface area (Å²) in [7, 11) is 0. The van der Waals surface area contributed by atoms with Crippen LogP contribution in [-0.4, -0.2) is 60.9 Å². The maximum Gasteiger partial charge on any atom is 0.239 e. The Kier molecular flexibility index (Phi) is 7.05. The van der Waals surface area contributed by atoms with Crippen LogP contribution in [0, 0.1) is 0 Å². The number of thioether (sulfide) groups is 1. The molecule has 0 N–H and O–H groups in total. The molecule has 2 heterocycles. The summed E-state index contributed by atoms with van der Waals surface area (Å²) in [6.07, 6.45) is 0. The molecule has 152 valence electrons. The smallest absolute Gasteiger partial charge is 0.239 e. The third-order valence-corrected chi connectivity index (χ3v) is 7.04. The molecule has 1 saturated heterocycles. The Hall–Kier alpha value is -1.64. The quantitative estimate of drug-likeness (QED) is 0.502. The maximum absolute atomic E-state index is 13.1. The van der Waals surface area contributed by atoms with Crippen LogP contribution in [0.3, 0.4) is 0 Å². The number of fused-ring (bicyclic) bond motifs is 1. The van der Waals surface area contributed by atoms with Crippen molar-refractivity contribution in [3.8, 4) is 0 Å². The topological polar surface area (TPSA) is 45.7 Å². The second kappa shape index (κ2) is 9.91. The lowest BCUT2D eigenvalue weighted by Crippen LogP contribution is -2.43. The summed E-state index contributed by atoms with van der Waals surface area (Å²) in [6.45, 7) is 4.75. The summed E-state index contributed by atoms with van der Waals surface area (Å²) in [5.41, 5.74) is 0.932. The van der Waals surface area contributed by atoms with E-state index in [9.17, 15) is 4.79 Å². The van der Waals surface area contributed by atoms with Crippen LogP contribution in [0.25, 0.3) is 10.2 Å². The molecule has 1 fully saturated rings. The van der Waals surface area contributed by atoms with Crippen molar-refractivity contribution in [2.45, 2.75) is 4.90 Å². The first-order chi connectivity index (χ1) is 14.2. The van der Waals surface area contributed by atoms with Crippen LogP contribution in [0.15, 0.2) is 53.4 Å². The molecule has 0 atom stereocenters. The lowest BCUT2D eigenvalue weighted by Gasteiger charge is -2.29. The molecule has 1 amide bonds. The molecule has 29 heavy (non-hydrogen) atoms. The minimum absolute atomic E-state index is 0.0669. The van der Waals surface area contributed by atoms with Gasteiger partial charge >= 0.3 is 0 Å². The molecule has 0 unspecified atom stereocenters. The van der Waals surface area contributed by atoms with E-state index in [0.29, 0.717) is 17.3 Å². The number of amides is 1. The van der Waals surface area contributed by atoms with E-state index < -0.39 is 0 Å². The van der Waals surface area contributed by atoms with Crippen LogP contribution in [0.5, 0.6) is 0 Å². The molecule has 8 heteroatoms. The Balaban J connectivity index is 1.48. The third kappa shape index (κ3) is 5.49. The second-order valence-electron chi connectivity index (χ2n) is 6.71. The Morgan fingerprint density at radius 1 is 1.17 bits per heavy atom. The zero-order valence-corrected chi connectivity index (χ0v) is 18.3. The van der Waals surface area contributed by atoms with Crippen molar-refractivity contribution >= 4 is 56.0 Å². The Labute approximate surface area is 183 Å². The number of anilines is 1. The summed E-state index contributed by atoms with van der Waals surface area (Å²) >= 11 is 9.04. The summed E-state index contributed by atoms with van der Waals surface area (Å²) in [5, 5.41) is 1.46. The SMILES string of the molecule is O=C(CSc1ccc(Cl)cc1)N(CCN1CCOCC1)c1nc2ccccc2s1. The number of para-hydroxylation sites is 1. The molecular formula is C21H22ClN3O2S2. The van der Waals surface area contributed by atoms with Crippen molar-refractivity contribution in [3.05, 3.63) is 53.6 Å². The van der Waals surface area contributed by atoms with Gasteiger partial charge in [0.1, 0.15) is 0 Å². The fourth-order valence-corrected chi connectivity index (χ4v) is 5.03. The van der Waals surface area contributed by atoms with E-state index in [1.165, 1.54) is 11.8 Å². The number of morpholine rings is 1. The number of carbonyl (C=O) groups is 1. The minimum Gasteiger partial charge on any atom is -0.379 e. The van der Waals surface area contributed by atoms with Crippen LogP contribution in [0.2, 0.25) is 5.02 Å². The largest absolute Gasteiger partial charge is 0.379 e. The highest BCUT2D eigenvalue weighted by molar-refractivity contribution is 8.00. The molecule has 0 bridgehead atoms. The van der Waals surface area contributed by atoms with Gasteiger partial charge in [0.2, 0.25) is 5.91 Å². The van der Waals surface area contributed by atoms with Crippen molar-refractivity contribution in [3.63, 3.8) is 0 Å². The van der Waals surface area contributed by atoms with E-state index >= 15 is 0 Å². The number of hydrogen-bond acceptors (Lipinski definition) is 6. The van der Waals surface area contributed by atoms with Gasteiger partial charge in [-0.3, -0.25) is 14.6 Å². The number of halogens is 1. The van der Waals surface area contributed by atoms with E-state index in [0.717, 1.165) is 53.1 Å². The molecule has 0 saturated carbocycles. The fraction of sp³-hybridized carbons (Fsp3) is 0.333. The second-order valence-corrected chi connectivity index (χ2v) is 9.20. The van der Waals surface area contributed by atoms with Crippen molar-refractivity contribution in [2.75, 3.05) is 50.0 Å². The molecule has 4 rings (SSSR count). The van der Waals surface area contributed by atoms with Gasteiger partial charge < -0.3 is 4.74 Å². The fourth-order valence-electron chi connectivity index (χ4n) is 3.12. The third-order valence-electron chi connectivity index (χ3n) is 4.73. The zero-order valence-electron chi connectivity index (χ0n) is 15.9. The van der Waals surface area contributed by atoms with Gasteiger partial charge in [-0.05, 0) is 36.4 Å². The molecule has 5 nitrogen and oxygen atoms in total. The number of thiazole rings is 1. The summed E-state index contributed by atoms with van der Waals surface area (Å²) in [4.78, 5) is 23.1. The number of hydrogen-bond donors (Lipinski definition) is 0. The summed E-state index contributed by atoms with van der Waals surface area (Å²) < 4.78 is 6.52. The normalized spacial score (nSPS) is 14.9. The highest BCUT2D eigenvalue weighted by Crippen LogP contribution is 2.29. The number of rotatable bonds is 7. The number of benzene rings is 2. The van der Waals surface area contributed by atoms with E-state index in [4.69, 9.17) is 21.3 Å². The van der Waals surface area contributed by atoms with Crippen LogP contribution in [-0.2, 0) is 9.53 Å². The molecule has 3 aromatic rings. The summed E-state index contributed by atoms with van der Waals surface area (Å²) in [5.74, 6) is 0.429. The molecule has 1 aliphatic rings. The monoisotopic (exact) mass is 447 g/mol. The average Bonchev–Trinajstić information content (AvgIpc) is 3.18. The molecule has 1 aromatic heterocycles. The van der Waals surface area contributed by atoms with Crippen LogP contribution < -0.4 is 4.90 Å². The molecule has 1 aliphatic heterocycles. The minimum atomic E-state index is 0.0669. The molecular weight excluding hydrogens is 426 g/mol. The first-order valence-corrected chi connectivity index (χ1v) is 11.7. The zero-order chi connectivity index (χ0) is 20.1. The van der Waals surface area contributed by atoms with Crippen LogP contribution in [0.1, 0.15) is 0 Å².